The van der Waals surface area contributed by atoms with Crippen molar-refractivity contribution >= 4 is 40.4 Å². The number of fused-ring (bicyclic) bond motifs is 1. The Balaban J connectivity index is 1.70. The molecule has 20 heteroatoms. The molecule has 2 aromatic heterocycles. The Morgan fingerprint density at radius 1 is 1.06 bits per heavy atom. The first-order valence-electron chi connectivity index (χ1n) is 8.43. The number of nitrogens with zero attached hydrogens (tertiary/aromatic N) is 2. The zero-order chi connectivity index (χ0) is 23.9. The van der Waals surface area contributed by atoms with Crippen molar-refractivity contribution in [3.63, 3.8) is 0 Å². The normalized spacial score (nSPS) is 27.8. The van der Waals surface area contributed by atoms with E-state index in [2.05, 4.69) is 28.4 Å². The van der Waals surface area contributed by atoms with Gasteiger partial charge in [0.15, 0.2) is 11.4 Å². The molecule has 0 amide bonds. The lowest BCUT2D eigenvalue weighted by molar-refractivity contribution is -0.0221. The monoisotopic (exact) mass is 521 g/mol. The van der Waals surface area contributed by atoms with Crippen LogP contribution in [-0.2, 0) is 31.6 Å². The van der Waals surface area contributed by atoms with Gasteiger partial charge in [-0.05, 0) is 0 Å². The second-order valence-corrected chi connectivity index (χ2v) is 10.7. The number of aromatic nitrogens is 2. The van der Waals surface area contributed by atoms with E-state index in [0.717, 1.165) is 0 Å². The number of nitrogens with one attached hydrogen (secondary N) is 1. The maximum Gasteiger partial charge on any atom is 0.490 e. The van der Waals surface area contributed by atoms with Gasteiger partial charge in [-0.25, -0.2) is 23.7 Å². The lowest BCUT2D eigenvalue weighted by atomic mass is 10.0. The smallest absolute Gasteiger partial charge is 0.458 e. The second kappa shape index (κ2) is 9.16. The van der Waals surface area contributed by atoms with Crippen LogP contribution in [0.25, 0.3) is 11.1 Å². The molecule has 0 bridgehead atoms. The van der Waals surface area contributed by atoms with Crippen molar-refractivity contribution in [1.29, 1.82) is 0 Å². The number of anilines is 1. The van der Waals surface area contributed by atoms with Gasteiger partial charge in [0.25, 0.3) is 0 Å². The van der Waals surface area contributed by atoms with Crippen molar-refractivity contribution in [2.24, 2.45) is 0 Å². The first-order valence-corrected chi connectivity index (χ1v) is 12.9. The van der Waals surface area contributed by atoms with Gasteiger partial charge in [0.05, 0.1) is 12.9 Å². The Morgan fingerprint density at radius 2 is 1.75 bits per heavy atom. The van der Waals surface area contributed by atoms with E-state index in [-0.39, 0.29) is 16.7 Å². The summed E-state index contributed by atoms with van der Waals surface area (Å²) in [6.45, 7) is -0.940. The van der Waals surface area contributed by atoms with E-state index in [1.807, 2.05) is 0 Å². The molecule has 1 fully saturated rings. The lowest BCUT2D eigenvalue weighted by Crippen LogP contribution is -2.33. The highest BCUT2D eigenvalue weighted by atomic mass is 31.3. The number of hydrogen-bond donors (Lipinski definition) is 7. The molecule has 0 aliphatic carbocycles. The van der Waals surface area contributed by atoms with Crippen LogP contribution in [0.2, 0.25) is 0 Å². The molecule has 17 nitrogen and oxygen atoms in total. The highest BCUT2D eigenvalue weighted by molar-refractivity contribution is 7.66. The summed E-state index contributed by atoms with van der Waals surface area (Å²) in [6, 6.07) is 0. The van der Waals surface area contributed by atoms with E-state index in [1.54, 1.807) is 7.05 Å². The maximum absolute atomic E-state index is 11.8. The van der Waals surface area contributed by atoms with Gasteiger partial charge in [-0.3, -0.25) is 4.52 Å². The zero-order valence-corrected chi connectivity index (χ0v) is 18.5. The third-order valence-electron chi connectivity index (χ3n) is 4.10. The van der Waals surface area contributed by atoms with Crippen LogP contribution < -0.4 is 5.32 Å². The summed E-state index contributed by atoms with van der Waals surface area (Å²) in [5, 5.41) is 23.3. The Morgan fingerprint density at radius 3 is 2.38 bits per heavy atom. The molecular weight excluding hydrogens is 503 g/mol. The highest BCUT2D eigenvalue weighted by Gasteiger charge is 2.47. The zero-order valence-electron chi connectivity index (χ0n) is 15.9. The van der Waals surface area contributed by atoms with Gasteiger partial charge in [-0.15, -0.1) is 0 Å². The van der Waals surface area contributed by atoms with Crippen LogP contribution in [0.4, 0.5) is 5.82 Å². The van der Waals surface area contributed by atoms with Gasteiger partial charge in [0.1, 0.15) is 36.3 Å². The average Bonchev–Trinajstić information content (AvgIpc) is 3.19. The predicted octanol–water partition coefficient (Wildman–Crippen LogP) is -0.231. The quantitative estimate of drug-likeness (QED) is 0.210. The van der Waals surface area contributed by atoms with Crippen LogP contribution in [0.1, 0.15) is 11.7 Å². The van der Waals surface area contributed by atoms with Crippen molar-refractivity contribution in [3.8, 4) is 0 Å². The fourth-order valence-corrected chi connectivity index (χ4v) is 5.89. The minimum absolute atomic E-state index is 0.228. The van der Waals surface area contributed by atoms with Crippen LogP contribution >= 0.6 is 23.5 Å². The van der Waals surface area contributed by atoms with E-state index >= 15 is 0 Å². The summed E-state index contributed by atoms with van der Waals surface area (Å²) in [5.74, 6) is 0.346. The number of ether oxygens (including phenoxy) is 1. The third-order valence-corrected chi connectivity index (χ3v) is 7.91. The first kappa shape index (κ1) is 25.3. The second-order valence-electron chi connectivity index (χ2n) is 6.30. The van der Waals surface area contributed by atoms with Crippen molar-refractivity contribution in [2.45, 2.75) is 24.4 Å². The number of hydrogen-bond acceptors (Lipinski definition) is 13. The Labute approximate surface area is 178 Å². The Kier molecular flexibility index (Phi) is 7.25. The van der Waals surface area contributed by atoms with Crippen molar-refractivity contribution < 1.29 is 65.8 Å². The fourth-order valence-electron chi connectivity index (χ4n) is 2.86. The molecule has 0 spiro atoms. The number of phosphoric ester groups is 1. The highest BCUT2D eigenvalue weighted by Crippen LogP contribution is 2.66. The first-order chi connectivity index (χ1) is 14.7. The van der Waals surface area contributed by atoms with Gasteiger partial charge < -0.3 is 44.3 Å². The van der Waals surface area contributed by atoms with Crippen LogP contribution in [-0.4, -0.2) is 71.7 Å². The van der Waals surface area contributed by atoms with Gasteiger partial charge in [0, 0.05) is 12.6 Å². The molecule has 0 saturated carbocycles. The van der Waals surface area contributed by atoms with E-state index in [9.17, 15) is 28.8 Å². The van der Waals surface area contributed by atoms with Gasteiger partial charge >= 0.3 is 23.5 Å². The van der Waals surface area contributed by atoms with Crippen LogP contribution in [0.5, 0.6) is 0 Å². The molecule has 0 aromatic carbocycles. The van der Waals surface area contributed by atoms with E-state index < -0.39 is 54.5 Å². The number of furan rings is 1. The topological polar surface area (TPSA) is 260 Å². The predicted molar refractivity (Wildman–Crippen MR) is 101 cm³/mol. The van der Waals surface area contributed by atoms with Crippen molar-refractivity contribution in [1.82, 2.24) is 9.97 Å². The largest absolute Gasteiger partial charge is 0.490 e. The molecular formula is C12H18N3O14P3. The molecule has 7 N–H and O–H groups in total. The molecule has 1 saturated heterocycles. The summed E-state index contributed by atoms with van der Waals surface area (Å²) >= 11 is 0. The minimum atomic E-state index is -5.70. The molecule has 3 heterocycles. The molecule has 1 aliphatic heterocycles. The fraction of sp³-hybridized carbons (Fsp3) is 0.500. The summed E-state index contributed by atoms with van der Waals surface area (Å²) in [5.41, 5.74) is 0.729. The number of aliphatic hydroxyl groups is 2. The summed E-state index contributed by atoms with van der Waals surface area (Å²) < 4.78 is 56.3. The summed E-state index contributed by atoms with van der Waals surface area (Å²) in [6.07, 6.45) is -3.42. The lowest BCUT2D eigenvalue weighted by Gasteiger charge is -2.19. The Bertz CT molecular complexity index is 1120. The number of phosphoric acid groups is 3. The molecule has 2 aromatic rings. The molecule has 1 aliphatic rings. The Hall–Kier alpha value is -1.29. The van der Waals surface area contributed by atoms with E-state index in [4.69, 9.17) is 23.8 Å². The van der Waals surface area contributed by atoms with Crippen LogP contribution in [0, 0.1) is 0 Å². The van der Waals surface area contributed by atoms with Gasteiger partial charge in [0.2, 0.25) is 0 Å². The summed E-state index contributed by atoms with van der Waals surface area (Å²) in [4.78, 5) is 43.7. The SMILES string of the molecule is CNc1ncnc2c([C@@H]3O[C@H](COP(=O)(O)OP(=O)(O)OP(=O)(O)O)[C@@H](O)[C@H]3O)coc12. The minimum Gasteiger partial charge on any atom is -0.458 e. The standard InChI is InChI=1S/C12H18N3O14P3/c1-13-12-11-7(14-4-15-12)5(2-25-11)10-9(17)8(16)6(27-10)3-26-31(21,22)29-32(23,24)28-30(18,19)20/h2,4,6,8-10,16-17H,3H2,1H3,(H,21,22)(H,23,24)(H,13,14,15)(H2,18,19,20)/t6-,8-,9-,10+/m1/s1. The molecule has 32 heavy (non-hydrogen) atoms. The number of aliphatic hydroxyl groups excluding tert-OH is 2. The molecule has 180 valence electrons. The van der Waals surface area contributed by atoms with Gasteiger partial charge in [-0.2, -0.15) is 8.62 Å². The third kappa shape index (κ3) is 5.79. The molecule has 3 rings (SSSR count). The molecule has 2 unspecified atom stereocenters. The molecule has 6 atom stereocenters. The van der Waals surface area contributed by atoms with Gasteiger partial charge in [-0.1, -0.05) is 0 Å². The molecule has 0 radical (unpaired) electrons. The average molecular weight is 521 g/mol. The van der Waals surface area contributed by atoms with Crippen molar-refractivity contribution in [2.75, 3.05) is 19.0 Å². The van der Waals surface area contributed by atoms with Crippen molar-refractivity contribution in [3.05, 3.63) is 18.2 Å². The van der Waals surface area contributed by atoms with Crippen LogP contribution in [0.15, 0.2) is 17.0 Å². The summed E-state index contributed by atoms with van der Waals surface area (Å²) in [7, 11) is -15.1. The maximum atomic E-state index is 11.8. The van der Waals surface area contributed by atoms with Crippen LogP contribution in [0.3, 0.4) is 0 Å². The number of rotatable bonds is 9. The van der Waals surface area contributed by atoms with E-state index in [0.29, 0.717) is 5.82 Å². The van der Waals surface area contributed by atoms with E-state index in [1.165, 1.54) is 12.6 Å².